The van der Waals surface area contributed by atoms with Crippen LogP contribution in [0.2, 0.25) is 0 Å². The highest BCUT2D eigenvalue weighted by Crippen LogP contribution is 2.28. The average Bonchev–Trinajstić information content (AvgIpc) is 3.16. The second-order valence-corrected chi connectivity index (χ2v) is 7.05. The van der Waals surface area contributed by atoms with Crippen molar-refractivity contribution < 1.29 is 4.79 Å². The summed E-state index contributed by atoms with van der Waals surface area (Å²) in [5, 5.41) is 4.85. The molecule has 0 spiro atoms. The first-order chi connectivity index (χ1) is 13.2. The van der Waals surface area contributed by atoms with Crippen LogP contribution in [0.15, 0.2) is 41.6 Å². The quantitative estimate of drug-likeness (QED) is 0.770. The zero-order chi connectivity index (χ0) is 18.8. The standard InChI is InChI=1S/C20H23N5O2/c1-2-8-25-13-15(12-22-25)20(27)24-9-5-14(6-10-24)17-11-18-16(19(26)23-17)4-3-7-21-18/h3-4,7,11-14H,2,5-6,8-10H2,1H3,(H,23,26). The van der Waals surface area contributed by atoms with E-state index in [-0.39, 0.29) is 17.4 Å². The van der Waals surface area contributed by atoms with Gasteiger partial charge in [-0.05, 0) is 37.5 Å². The third-order valence-electron chi connectivity index (χ3n) is 5.19. The van der Waals surface area contributed by atoms with Crippen LogP contribution in [-0.4, -0.2) is 43.6 Å². The SMILES string of the molecule is CCCn1cc(C(=O)N2CCC(c3cc4ncccc4c(=O)[nH]3)CC2)cn1. The molecule has 27 heavy (non-hydrogen) atoms. The Morgan fingerprint density at radius 2 is 2.15 bits per heavy atom. The van der Waals surface area contributed by atoms with E-state index >= 15 is 0 Å². The van der Waals surface area contributed by atoms with Crippen molar-refractivity contribution in [1.82, 2.24) is 24.6 Å². The maximum absolute atomic E-state index is 12.7. The second kappa shape index (κ2) is 7.34. The van der Waals surface area contributed by atoms with E-state index < -0.39 is 0 Å². The van der Waals surface area contributed by atoms with Gasteiger partial charge < -0.3 is 9.88 Å². The molecule has 1 fully saturated rings. The van der Waals surface area contributed by atoms with Gasteiger partial charge in [0.25, 0.3) is 11.5 Å². The van der Waals surface area contributed by atoms with Gasteiger partial charge in [0.15, 0.2) is 0 Å². The third kappa shape index (κ3) is 3.49. The first-order valence-corrected chi connectivity index (χ1v) is 9.45. The number of hydrogen-bond acceptors (Lipinski definition) is 4. The van der Waals surface area contributed by atoms with Crippen LogP contribution in [-0.2, 0) is 6.54 Å². The van der Waals surface area contributed by atoms with Gasteiger partial charge in [-0.3, -0.25) is 19.3 Å². The van der Waals surface area contributed by atoms with Crippen molar-refractivity contribution in [3.05, 3.63) is 58.4 Å². The van der Waals surface area contributed by atoms with Gasteiger partial charge >= 0.3 is 0 Å². The Bertz CT molecular complexity index is 1010. The van der Waals surface area contributed by atoms with E-state index in [2.05, 4.69) is 22.0 Å². The molecule has 1 amide bonds. The van der Waals surface area contributed by atoms with Crippen LogP contribution in [0.4, 0.5) is 0 Å². The van der Waals surface area contributed by atoms with E-state index in [9.17, 15) is 9.59 Å². The lowest BCUT2D eigenvalue weighted by Crippen LogP contribution is -2.38. The summed E-state index contributed by atoms with van der Waals surface area (Å²) in [6.45, 7) is 4.24. The molecule has 140 valence electrons. The van der Waals surface area contributed by atoms with Gasteiger partial charge in [-0.15, -0.1) is 0 Å². The molecule has 0 aliphatic carbocycles. The van der Waals surface area contributed by atoms with Crippen molar-refractivity contribution in [3.8, 4) is 0 Å². The topological polar surface area (TPSA) is 83.9 Å². The highest BCUT2D eigenvalue weighted by Gasteiger charge is 2.26. The van der Waals surface area contributed by atoms with Crippen LogP contribution in [0.1, 0.15) is 48.2 Å². The first-order valence-electron chi connectivity index (χ1n) is 9.45. The van der Waals surface area contributed by atoms with Crippen molar-refractivity contribution in [2.75, 3.05) is 13.1 Å². The molecule has 0 aromatic carbocycles. The summed E-state index contributed by atoms with van der Waals surface area (Å²) in [5.41, 5.74) is 2.18. The van der Waals surface area contributed by atoms with E-state index in [0.717, 1.165) is 37.0 Å². The monoisotopic (exact) mass is 365 g/mol. The van der Waals surface area contributed by atoms with Crippen LogP contribution < -0.4 is 5.56 Å². The Kier molecular flexibility index (Phi) is 4.75. The zero-order valence-corrected chi connectivity index (χ0v) is 15.4. The van der Waals surface area contributed by atoms with Gasteiger partial charge in [-0.25, -0.2) is 0 Å². The number of nitrogens with one attached hydrogen (secondary N) is 1. The number of aryl methyl sites for hydroxylation is 1. The van der Waals surface area contributed by atoms with Gasteiger partial charge in [0.1, 0.15) is 0 Å². The number of aromatic amines is 1. The molecule has 4 heterocycles. The molecular weight excluding hydrogens is 342 g/mol. The molecule has 1 aliphatic heterocycles. The summed E-state index contributed by atoms with van der Waals surface area (Å²) in [4.78, 5) is 34.2. The van der Waals surface area contributed by atoms with Gasteiger partial charge in [0, 0.05) is 43.6 Å². The third-order valence-corrected chi connectivity index (χ3v) is 5.19. The molecule has 0 atom stereocenters. The number of likely N-dealkylation sites (tertiary alicyclic amines) is 1. The first kappa shape index (κ1) is 17.5. The van der Waals surface area contributed by atoms with Gasteiger partial charge in [-0.2, -0.15) is 5.10 Å². The molecule has 0 radical (unpaired) electrons. The molecule has 7 nitrogen and oxygen atoms in total. The van der Waals surface area contributed by atoms with E-state index in [1.807, 2.05) is 21.8 Å². The van der Waals surface area contributed by atoms with Gasteiger partial charge in [-0.1, -0.05) is 6.92 Å². The lowest BCUT2D eigenvalue weighted by Gasteiger charge is -2.31. The molecule has 1 saturated heterocycles. The van der Waals surface area contributed by atoms with Crippen molar-refractivity contribution in [2.45, 2.75) is 38.6 Å². The van der Waals surface area contributed by atoms with E-state index in [4.69, 9.17) is 0 Å². The molecule has 1 N–H and O–H groups in total. The Morgan fingerprint density at radius 3 is 2.93 bits per heavy atom. The fourth-order valence-electron chi connectivity index (χ4n) is 3.73. The number of amides is 1. The predicted molar refractivity (Wildman–Crippen MR) is 103 cm³/mol. The van der Waals surface area contributed by atoms with Gasteiger partial charge in [0.2, 0.25) is 0 Å². The second-order valence-electron chi connectivity index (χ2n) is 7.05. The Labute approximate surface area is 157 Å². The van der Waals surface area contributed by atoms with Crippen LogP contribution in [0.25, 0.3) is 10.9 Å². The number of aromatic nitrogens is 4. The fraction of sp³-hybridized carbons (Fsp3) is 0.400. The molecule has 0 unspecified atom stereocenters. The minimum absolute atomic E-state index is 0.0319. The number of carbonyl (C=O) groups is 1. The molecule has 0 bridgehead atoms. The van der Waals surface area contributed by atoms with Crippen LogP contribution in [0, 0.1) is 0 Å². The van der Waals surface area contributed by atoms with E-state index in [1.165, 1.54) is 0 Å². The normalized spacial score (nSPS) is 15.4. The predicted octanol–water partition coefficient (Wildman–Crippen LogP) is 2.55. The number of nitrogens with zero attached hydrogens (tertiary/aromatic N) is 4. The molecular formula is C20H23N5O2. The molecule has 4 rings (SSSR count). The maximum atomic E-state index is 12.7. The fourth-order valence-corrected chi connectivity index (χ4v) is 3.73. The number of pyridine rings is 2. The van der Waals surface area contributed by atoms with Crippen LogP contribution in [0.5, 0.6) is 0 Å². The Balaban J connectivity index is 1.45. The van der Waals surface area contributed by atoms with E-state index in [1.54, 1.807) is 24.5 Å². The highest BCUT2D eigenvalue weighted by molar-refractivity contribution is 5.93. The molecule has 1 aliphatic rings. The number of piperidine rings is 1. The lowest BCUT2D eigenvalue weighted by molar-refractivity contribution is 0.0712. The minimum atomic E-state index is -0.0996. The summed E-state index contributed by atoms with van der Waals surface area (Å²) in [5.74, 6) is 0.264. The molecule has 3 aromatic rings. The molecule has 0 saturated carbocycles. The average molecular weight is 365 g/mol. The number of hydrogen-bond donors (Lipinski definition) is 1. The number of carbonyl (C=O) groups excluding carboxylic acids is 1. The van der Waals surface area contributed by atoms with Crippen molar-refractivity contribution in [2.24, 2.45) is 0 Å². The molecule has 7 heteroatoms. The zero-order valence-electron chi connectivity index (χ0n) is 15.4. The largest absolute Gasteiger partial charge is 0.339 e. The molecule has 3 aromatic heterocycles. The smallest absolute Gasteiger partial charge is 0.257 e. The number of H-pyrrole nitrogens is 1. The highest BCUT2D eigenvalue weighted by atomic mass is 16.2. The lowest BCUT2D eigenvalue weighted by atomic mass is 9.92. The number of rotatable bonds is 4. The Hall–Kier alpha value is -2.96. The summed E-state index contributed by atoms with van der Waals surface area (Å²) >= 11 is 0. The number of fused-ring (bicyclic) bond motifs is 1. The van der Waals surface area contributed by atoms with Crippen molar-refractivity contribution >= 4 is 16.8 Å². The van der Waals surface area contributed by atoms with Crippen molar-refractivity contribution in [1.29, 1.82) is 0 Å². The van der Waals surface area contributed by atoms with E-state index in [0.29, 0.717) is 24.0 Å². The van der Waals surface area contributed by atoms with Gasteiger partial charge in [0.05, 0.1) is 22.7 Å². The van der Waals surface area contributed by atoms with Crippen molar-refractivity contribution in [3.63, 3.8) is 0 Å². The van der Waals surface area contributed by atoms with Crippen LogP contribution >= 0.6 is 0 Å². The van der Waals surface area contributed by atoms with Crippen LogP contribution in [0.3, 0.4) is 0 Å². The summed E-state index contributed by atoms with van der Waals surface area (Å²) in [7, 11) is 0. The Morgan fingerprint density at radius 1 is 1.33 bits per heavy atom. The minimum Gasteiger partial charge on any atom is -0.339 e. The summed E-state index contributed by atoms with van der Waals surface area (Å²) in [6, 6.07) is 5.52. The summed E-state index contributed by atoms with van der Waals surface area (Å²) < 4.78 is 1.81. The summed E-state index contributed by atoms with van der Waals surface area (Å²) in [6.07, 6.45) is 7.80. The maximum Gasteiger partial charge on any atom is 0.257 e.